The number of benzene rings is 4. The number of carbonyl (C=O) groups is 2. The van der Waals surface area contributed by atoms with Gasteiger partial charge in [0.25, 0.3) is 11.8 Å². The normalized spacial score (nSPS) is 15.2. The molecule has 0 aliphatic carbocycles. The van der Waals surface area contributed by atoms with Crippen molar-refractivity contribution in [1.29, 1.82) is 0 Å². The monoisotopic (exact) mass is 539 g/mol. The van der Waals surface area contributed by atoms with Gasteiger partial charge in [-0.15, -0.1) is 0 Å². The van der Waals surface area contributed by atoms with Crippen LogP contribution in [0.25, 0.3) is 6.08 Å². The fourth-order valence-electron chi connectivity index (χ4n) is 3.70. The molecule has 1 saturated heterocycles. The minimum atomic E-state index is -0.294. The van der Waals surface area contributed by atoms with Crippen LogP contribution in [0.2, 0.25) is 5.02 Å². The fourth-order valence-corrected chi connectivity index (χ4v) is 4.95. The first-order chi connectivity index (χ1) is 18.6. The highest BCUT2D eigenvalue weighted by Gasteiger charge is 2.34. The van der Waals surface area contributed by atoms with E-state index in [1.165, 1.54) is 11.8 Å². The van der Waals surface area contributed by atoms with Gasteiger partial charge in [-0.1, -0.05) is 72.3 Å². The third kappa shape index (κ3) is 6.14. The number of para-hydroxylation sites is 3. The number of ether oxygens (including phenoxy) is 1. The van der Waals surface area contributed by atoms with Crippen molar-refractivity contribution in [3.63, 3.8) is 0 Å². The molecule has 0 spiro atoms. The van der Waals surface area contributed by atoms with Crippen LogP contribution in [0, 0.1) is 0 Å². The van der Waals surface area contributed by atoms with E-state index in [2.05, 4.69) is 5.32 Å². The van der Waals surface area contributed by atoms with Crippen molar-refractivity contribution in [3.05, 3.63) is 125 Å². The molecule has 1 aliphatic rings. The molecular formula is C30H22ClN3O3S. The number of rotatable bonds is 7. The van der Waals surface area contributed by atoms with Crippen LogP contribution in [0.1, 0.15) is 5.56 Å². The van der Waals surface area contributed by atoms with Gasteiger partial charge in [0.05, 0.1) is 21.3 Å². The van der Waals surface area contributed by atoms with Gasteiger partial charge in [-0.05, 0) is 71.9 Å². The summed E-state index contributed by atoms with van der Waals surface area (Å²) in [5.41, 5.74) is 2.90. The molecule has 0 unspecified atom stereocenters. The van der Waals surface area contributed by atoms with Crippen LogP contribution in [-0.4, -0.2) is 23.6 Å². The van der Waals surface area contributed by atoms with E-state index in [4.69, 9.17) is 21.3 Å². The quantitative estimate of drug-likeness (QED) is 0.253. The maximum atomic E-state index is 13.4. The predicted molar refractivity (Wildman–Crippen MR) is 155 cm³/mol. The maximum absolute atomic E-state index is 13.4. The standard InChI is InChI=1S/C30H22ClN3O3S/c31-25-18-21(16-17-26(25)37-20-28(35)32-22-10-4-1-5-11-22)19-27-29(36)34(24-14-8-3-9-15-24)30(38-27)33-23-12-6-2-7-13-23/h1-19H,20H2,(H,32,35)/b27-19-,33-30?. The van der Waals surface area contributed by atoms with E-state index < -0.39 is 0 Å². The summed E-state index contributed by atoms with van der Waals surface area (Å²) in [6.07, 6.45) is 1.77. The molecule has 0 bridgehead atoms. The molecule has 5 rings (SSSR count). The number of aliphatic imine (C=N–C) groups is 1. The molecular weight excluding hydrogens is 518 g/mol. The first-order valence-corrected chi connectivity index (χ1v) is 13.0. The fraction of sp³-hybridized carbons (Fsp3) is 0.0333. The summed E-state index contributed by atoms with van der Waals surface area (Å²) in [6, 6.07) is 33.2. The number of hydrogen-bond donors (Lipinski definition) is 1. The zero-order chi connectivity index (χ0) is 26.3. The first-order valence-electron chi connectivity index (χ1n) is 11.8. The molecule has 6 nitrogen and oxygen atoms in total. The summed E-state index contributed by atoms with van der Waals surface area (Å²) in [5, 5.41) is 3.66. The number of nitrogens with zero attached hydrogens (tertiary/aromatic N) is 2. The minimum absolute atomic E-state index is 0.176. The van der Waals surface area contributed by atoms with E-state index in [-0.39, 0.29) is 18.4 Å². The molecule has 4 aromatic carbocycles. The Morgan fingerprint density at radius 3 is 2.26 bits per heavy atom. The third-order valence-electron chi connectivity index (χ3n) is 5.47. The number of amides is 2. The van der Waals surface area contributed by atoms with Gasteiger partial charge >= 0.3 is 0 Å². The average molecular weight is 540 g/mol. The number of thioether (sulfide) groups is 1. The molecule has 2 amide bonds. The molecule has 0 saturated carbocycles. The summed E-state index contributed by atoms with van der Waals surface area (Å²) in [5.74, 6) is -0.0952. The zero-order valence-corrected chi connectivity index (χ0v) is 21.7. The summed E-state index contributed by atoms with van der Waals surface area (Å²) < 4.78 is 5.61. The second-order valence-corrected chi connectivity index (χ2v) is 9.63. The summed E-state index contributed by atoms with van der Waals surface area (Å²) in [4.78, 5) is 32.5. The van der Waals surface area contributed by atoms with Gasteiger partial charge in [-0.25, -0.2) is 4.99 Å². The molecule has 1 fully saturated rings. The Balaban J connectivity index is 1.33. The molecule has 1 heterocycles. The summed E-state index contributed by atoms with van der Waals surface area (Å²) in [6.45, 7) is -0.186. The van der Waals surface area contributed by atoms with Crippen LogP contribution in [0.3, 0.4) is 0 Å². The van der Waals surface area contributed by atoms with Crippen molar-refractivity contribution in [2.75, 3.05) is 16.8 Å². The lowest BCUT2D eigenvalue weighted by Gasteiger charge is -2.15. The molecule has 188 valence electrons. The van der Waals surface area contributed by atoms with E-state index in [0.717, 1.165) is 16.9 Å². The highest BCUT2D eigenvalue weighted by atomic mass is 35.5. The van der Waals surface area contributed by atoms with Gasteiger partial charge in [0.2, 0.25) is 0 Å². The molecule has 0 atom stereocenters. The van der Waals surface area contributed by atoms with Gasteiger partial charge in [0.1, 0.15) is 5.75 Å². The molecule has 4 aromatic rings. The Bertz CT molecular complexity index is 1510. The van der Waals surface area contributed by atoms with Crippen molar-refractivity contribution >= 4 is 63.5 Å². The molecule has 1 aliphatic heterocycles. The Kier molecular flexibility index (Phi) is 7.87. The van der Waals surface area contributed by atoms with Crippen molar-refractivity contribution in [2.24, 2.45) is 4.99 Å². The Morgan fingerprint density at radius 2 is 1.58 bits per heavy atom. The highest BCUT2D eigenvalue weighted by Crippen LogP contribution is 2.38. The SMILES string of the molecule is O=C(COc1ccc(/C=C2\SC(=Nc3ccccc3)N(c3ccccc3)C2=O)cc1Cl)Nc1ccccc1. The van der Waals surface area contributed by atoms with Gasteiger partial charge in [0.15, 0.2) is 11.8 Å². The highest BCUT2D eigenvalue weighted by molar-refractivity contribution is 8.19. The van der Waals surface area contributed by atoms with Crippen molar-refractivity contribution in [2.45, 2.75) is 0 Å². The Labute approximate surface area is 229 Å². The average Bonchev–Trinajstić information content (AvgIpc) is 3.23. The van der Waals surface area contributed by atoms with Crippen LogP contribution in [0.15, 0.2) is 119 Å². The lowest BCUT2D eigenvalue weighted by Crippen LogP contribution is -2.28. The number of halogens is 1. The van der Waals surface area contributed by atoms with Crippen LogP contribution in [0.4, 0.5) is 17.1 Å². The minimum Gasteiger partial charge on any atom is -0.482 e. The van der Waals surface area contributed by atoms with Gasteiger partial charge < -0.3 is 10.1 Å². The van der Waals surface area contributed by atoms with E-state index in [9.17, 15) is 9.59 Å². The van der Waals surface area contributed by atoms with Crippen LogP contribution in [-0.2, 0) is 9.59 Å². The number of hydrogen-bond acceptors (Lipinski definition) is 5. The van der Waals surface area contributed by atoms with Crippen LogP contribution >= 0.6 is 23.4 Å². The lowest BCUT2D eigenvalue weighted by molar-refractivity contribution is -0.118. The summed E-state index contributed by atoms with van der Waals surface area (Å²) in [7, 11) is 0. The topological polar surface area (TPSA) is 71.0 Å². The number of amidine groups is 1. The smallest absolute Gasteiger partial charge is 0.271 e. The molecule has 8 heteroatoms. The van der Waals surface area contributed by atoms with E-state index in [0.29, 0.717) is 26.5 Å². The predicted octanol–water partition coefficient (Wildman–Crippen LogP) is 7.17. The van der Waals surface area contributed by atoms with Crippen LogP contribution < -0.4 is 15.0 Å². The second kappa shape index (κ2) is 11.8. The van der Waals surface area contributed by atoms with Crippen molar-refractivity contribution in [1.82, 2.24) is 0 Å². The third-order valence-corrected chi connectivity index (χ3v) is 6.74. The van der Waals surface area contributed by atoms with E-state index in [1.807, 2.05) is 78.9 Å². The molecule has 0 aromatic heterocycles. The van der Waals surface area contributed by atoms with Gasteiger partial charge in [-0.2, -0.15) is 0 Å². The molecule has 1 N–H and O–H groups in total. The van der Waals surface area contributed by atoms with E-state index in [1.54, 1.807) is 41.3 Å². The first kappa shape index (κ1) is 25.3. The number of carbonyl (C=O) groups excluding carboxylic acids is 2. The van der Waals surface area contributed by atoms with Crippen LogP contribution in [0.5, 0.6) is 5.75 Å². The zero-order valence-electron chi connectivity index (χ0n) is 20.1. The molecule has 38 heavy (non-hydrogen) atoms. The molecule has 0 radical (unpaired) electrons. The van der Waals surface area contributed by atoms with Gasteiger partial charge in [-0.3, -0.25) is 14.5 Å². The van der Waals surface area contributed by atoms with Crippen molar-refractivity contribution in [3.8, 4) is 5.75 Å². The summed E-state index contributed by atoms with van der Waals surface area (Å²) >= 11 is 7.74. The van der Waals surface area contributed by atoms with Crippen molar-refractivity contribution < 1.29 is 14.3 Å². The second-order valence-electron chi connectivity index (χ2n) is 8.21. The Morgan fingerprint density at radius 1 is 0.921 bits per heavy atom. The van der Waals surface area contributed by atoms with Gasteiger partial charge in [0, 0.05) is 5.69 Å². The lowest BCUT2D eigenvalue weighted by atomic mass is 10.2. The van der Waals surface area contributed by atoms with E-state index >= 15 is 0 Å². The largest absolute Gasteiger partial charge is 0.482 e. The maximum Gasteiger partial charge on any atom is 0.271 e. The number of nitrogens with one attached hydrogen (secondary N) is 1. The Hall–Kier alpha value is -4.33. The number of anilines is 2.